The fourth-order valence-corrected chi connectivity index (χ4v) is 1.51. The van der Waals surface area contributed by atoms with Crippen molar-refractivity contribution in [3.8, 4) is 0 Å². The van der Waals surface area contributed by atoms with Crippen LogP contribution in [0.5, 0.6) is 0 Å². The first kappa shape index (κ1) is 9.21. The second kappa shape index (κ2) is 3.79. The Morgan fingerprint density at radius 1 is 1.71 bits per heavy atom. The summed E-state index contributed by atoms with van der Waals surface area (Å²) in [4.78, 5) is 11.5. The number of rotatable bonds is 3. The highest BCUT2D eigenvalue weighted by molar-refractivity contribution is 5.94. The summed E-state index contributed by atoms with van der Waals surface area (Å²) < 4.78 is 4.59. The Hall–Kier alpha value is -1.36. The Morgan fingerprint density at radius 2 is 2.50 bits per heavy atom. The lowest BCUT2D eigenvalue weighted by molar-refractivity contribution is -0.119. The molecule has 5 heteroatoms. The van der Waals surface area contributed by atoms with Crippen LogP contribution >= 0.6 is 0 Å². The van der Waals surface area contributed by atoms with E-state index in [1.165, 1.54) is 18.9 Å². The van der Waals surface area contributed by atoms with E-state index in [-0.39, 0.29) is 5.91 Å². The van der Waals surface area contributed by atoms with Gasteiger partial charge >= 0.3 is 0 Å². The van der Waals surface area contributed by atoms with Gasteiger partial charge in [0, 0.05) is 0 Å². The summed E-state index contributed by atoms with van der Waals surface area (Å²) >= 11 is 0. The van der Waals surface area contributed by atoms with Crippen molar-refractivity contribution in [2.24, 2.45) is 11.7 Å². The van der Waals surface area contributed by atoms with Crippen molar-refractivity contribution in [1.29, 1.82) is 0 Å². The number of nitrogens with one attached hydrogen (secondary N) is 1. The first-order chi connectivity index (χ1) is 6.77. The Kier molecular flexibility index (Phi) is 2.49. The second-order valence-electron chi connectivity index (χ2n) is 3.62. The normalized spacial score (nSPS) is 18.6. The molecule has 14 heavy (non-hydrogen) atoms. The summed E-state index contributed by atoms with van der Waals surface area (Å²) in [6, 6.07) is -0.404. The lowest BCUT2D eigenvalue weighted by Gasteiger charge is -2.29. The van der Waals surface area contributed by atoms with E-state index in [1.807, 2.05) is 0 Å². The van der Waals surface area contributed by atoms with Gasteiger partial charge in [-0.2, -0.15) is 0 Å². The number of carbonyl (C=O) groups excluding carboxylic acids is 1. The molecule has 1 aromatic heterocycles. The first-order valence-electron chi connectivity index (χ1n) is 4.73. The molecule has 1 amide bonds. The molecule has 1 aromatic rings. The Labute approximate surface area is 81.6 Å². The van der Waals surface area contributed by atoms with E-state index >= 15 is 0 Å². The second-order valence-corrected chi connectivity index (χ2v) is 3.62. The molecule has 0 aromatic carbocycles. The molecule has 1 atom stereocenters. The maximum atomic E-state index is 11.5. The fraction of sp³-hybridized carbons (Fsp3) is 0.556. The molecule has 1 fully saturated rings. The van der Waals surface area contributed by atoms with Crippen LogP contribution < -0.4 is 11.1 Å². The van der Waals surface area contributed by atoms with Crippen molar-refractivity contribution in [3.05, 3.63) is 12.5 Å². The number of anilines is 1. The van der Waals surface area contributed by atoms with Gasteiger partial charge in [-0.25, -0.2) is 0 Å². The topological polar surface area (TPSA) is 81.2 Å². The highest BCUT2D eigenvalue weighted by atomic mass is 16.5. The summed E-state index contributed by atoms with van der Waals surface area (Å²) in [6.45, 7) is 0. The molecule has 2 rings (SSSR count). The molecule has 1 unspecified atom stereocenters. The van der Waals surface area contributed by atoms with E-state index in [4.69, 9.17) is 5.73 Å². The molecule has 0 bridgehead atoms. The van der Waals surface area contributed by atoms with E-state index in [2.05, 4.69) is 15.0 Å². The van der Waals surface area contributed by atoms with E-state index in [0.717, 1.165) is 12.8 Å². The molecule has 5 nitrogen and oxygen atoms in total. The molecule has 0 aliphatic heterocycles. The lowest BCUT2D eigenvalue weighted by Crippen LogP contribution is -2.44. The van der Waals surface area contributed by atoms with Crippen LogP contribution in [0.4, 0.5) is 5.69 Å². The third-order valence-corrected chi connectivity index (χ3v) is 2.66. The van der Waals surface area contributed by atoms with Gasteiger partial charge in [0.2, 0.25) is 5.91 Å². The van der Waals surface area contributed by atoms with E-state index < -0.39 is 6.04 Å². The van der Waals surface area contributed by atoms with Gasteiger partial charge in [0.05, 0.1) is 12.2 Å². The van der Waals surface area contributed by atoms with Crippen LogP contribution in [0.3, 0.4) is 0 Å². The average Bonchev–Trinajstić information content (AvgIpc) is 2.53. The molecule has 3 N–H and O–H groups in total. The number of amides is 1. The molecule has 1 saturated carbocycles. The molecule has 1 aliphatic rings. The number of carbonyl (C=O) groups is 1. The van der Waals surface area contributed by atoms with Crippen molar-refractivity contribution in [2.45, 2.75) is 25.3 Å². The van der Waals surface area contributed by atoms with Crippen molar-refractivity contribution < 1.29 is 9.32 Å². The number of aromatic nitrogens is 1. The van der Waals surface area contributed by atoms with Crippen molar-refractivity contribution in [3.63, 3.8) is 0 Å². The van der Waals surface area contributed by atoms with Crippen LogP contribution in [-0.4, -0.2) is 17.1 Å². The highest BCUT2D eigenvalue weighted by Crippen LogP contribution is 2.29. The average molecular weight is 195 g/mol. The molecule has 0 spiro atoms. The fourth-order valence-electron chi connectivity index (χ4n) is 1.51. The smallest absolute Gasteiger partial charge is 0.241 e. The van der Waals surface area contributed by atoms with E-state index in [0.29, 0.717) is 11.6 Å². The van der Waals surface area contributed by atoms with Crippen molar-refractivity contribution in [1.82, 2.24) is 5.16 Å². The lowest BCUT2D eigenvalue weighted by atomic mass is 9.80. The van der Waals surface area contributed by atoms with Crippen LogP contribution in [0.25, 0.3) is 0 Å². The zero-order valence-corrected chi connectivity index (χ0v) is 7.77. The van der Waals surface area contributed by atoms with Gasteiger partial charge < -0.3 is 15.6 Å². The van der Waals surface area contributed by atoms with Crippen LogP contribution in [0.15, 0.2) is 17.0 Å². The molecule has 0 saturated heterocycles. The summed E-state index contributed by atoms with van der Waals surface area (Å²) in [5.74, 6) is 0.188. The van der Waals surface area contributed by atoms with Crippen molar-refractivity contribution in [2.75, 3.05) is 5.32 Å². The molecule has 1 aliphatic carbocycles. The van der Waals surface area contributed by atoms with Gasteiger partial charge in [0.15, 0.2) is 0 Å². The third kappa shape index (κ3) is 1.77. The maximum absolute atomic E-state index is 11.5. The number of nitrogens with two attached hydrogens (primary N) is 1. The Morgan fingerprint density at radius 3 is 3.00 bits per heavy atom. The van der Waals surface area contributed by atoms with Crippen molar-refractivity contribution >= 4 is 11.6 Å². The molecule has 0 radical (unpaired) electrons. The van der Waals surface area contributed by atoms with E-state index in [1.54, 1.807) is 0 Å². The van der Waals surface area contributed by atoms with Gasteiger partial charge in [-0.15, -0.1) is 0 Å². The Bertz CT molecular complexity index is 306. The molecule has 1 heterocycles. The summed E-state index contributed by atoms with van der Waals surface area (Å²) in [5.41, 5.74) is 6.34. The quantitative estimate of drug-likeness (QED) is 0.745. The molecular weight excluding hydrogens is 182 g/mol. The minimum absolute atomic E-state index is 0.155. The van der Waals surface area contributed by atoms with E-state index in [9.17, 15) is 4.79 Å². The molecular formula is C9H13N3O2. The zero-order valence-electron chi connectivity index (χ0n) is 7.77. The zero-order chi connectivity index (χ0) is 9.97. The van der Waals surface area contributed by atoms with Gasteiger partial charge in [-0.1, -0.05) is 11.6 Å². The number of nitrogens with zero attached hydrogens (tertiary/aromatic N) is 1. The standard InChI is InChI=1S/C9H13N3O2/c10-8(6-2-1-3-6)9(13)12-7-4-11-14-5-7/h4-6,8H,1-3,10H2,(H,12,13). The van der Waals surface area contributed by atoms with Gasteiger partial charge in [0.1, 0.15) is 12.0 Å². The maximum Gasteiger partial charge on any atom is 0.241 e. The monoisotopic (exact) mass is 195 g/mol. The highest BCUT2D eigenvalue weighted by Gasteiger charge is 2.29. The SMILES string of the molecule is NC(C(=O)Nc1cnoc1)C1CCC1. The largest absolute Gasteiger partial charge is 0.363 e. The van der Waals surface area contributed by atoms with Gasteiger partial charge in [-0.05, 0) is 18.8 Å². The predicted octanol–water partition coefficient (Wildman–Crippen LogP) is 0.740. The number of hydrogen-bond donors (Lipinski definition) is 2. The van der Waals surface area contributed by atoms with Gasteiger partial charge in [0.25, 0.3) is 0 Å². The Balaban J connectivity index is 1.88. The minimum Gasteiger partial charge on any atom is -0.363 e. The third-order valence-electron chi connectivity index (χ3n) is 2.66. The summed E-state index contributed by atoms with van der Waals surface area (Å²) in [7, 11) is 0. The van der Waals surface area contributed by atoms with Gasteiger partial charge in [-0.3, -0.25) is 4.79 Å². The van der Waals surface area contributed by atoms with Crippen LogP contribution in [-0.2, 0) is 4.79 Å². The predicted molar refractivity (Wildman–Crippen MR) is 50.4 cm³/mol. The minimum atomic E-state index is -0.404. The first-order valence-corrected chi connectivity index (χ1v) is 4.73. The molecule has 76 valence electrons. The number of hydrogen-bond acceptors (Lipinski definition) is 4. The summed E-state index contributed by atoms with van der Waals surface area (Å²) in [6.07, 6.45) is 6.12. The van der Waals surface area contributed by atoms with Crippen LogP contribution in [0.1, 0.15) is 19.3 Å². The van der Waals surface area contributed by atoms with Crippen LogP contribution in [0.2, 0.25) is 0 Å². The summed E-state index contributed by atoms with van der Waals surface area (Å²) in [5, 5.41) is 6.13. The van der Waals surface area contributed by atoms with Crippen LogP contribution in [0, 0.1) is 5.92 Å².